The lowest BCUT2D eigenvalue weighted by molar-refractivity contribution is -0.123. The molecule has 2 heterocycles. The van der Waals surface area contributed by atoms with Crippen molar-refractivity contribution in [1.82, 2.24) is 24.3 Å². The van der Waals surface area contributed by atoms with Crippen molar-refractivity contribution in [2.75, 3.05) is 77.9 Å². The van der Waals surface area contributed by atoms with E-state index in [1.807, 2.05) is 80.9 Å². The number of hydrogen-bond donors (Lipinski definition) is 3. The number of rotatable bonds is 20. The Hall–Kier alpha value is -5.20. The first-order valence-corrected chi connectivity index (χ1v) is 18.0. The van der Waals surface area contributed by atoms with E-state index in [1.165, 1.54) is 0 Å². The van der Waals surface area contributed by atoms with E-state index in [4.69, 9.17) is 29.2 Å². The van der Waals surface area contributed by atoms with Crippen LogP contribution in [-0.2, 0) is 20.8 Å². The van der Waals surface area contributed by atoms with Crippen molar-refractivity contribution in [3.05, 3.63) is 77.9 Å². The van der Waals surface area contributed by atoms with Crippen molar-refractivity contribution in [3.8, 4) is 34.5 Å². The lowest BCUT2D eigenvalue weighted by Crippen LogP contribution is -2.32. The fourth-order valence-corrected chi connectivity index (χ4v) is 6.41. The molecule has 0 spiro atoms. The van der Waals surface area contributed by atoms with Gasteiger partial charge in [-0.15, -0.1) is 5.92 Å². The zero-order valence-corrected chi connectivity index (χ0v) is 31.7. The first-order valence-electron chi connectivity index (χ1n) is 17.3. The molecule has 0 aliphatic heterocycles. The van der Waals surface area contributed by atoms with E-state index in [1.54, 1.807) is 25.4 Å². The van der Waals surface area contributed by atoms with Crippen molar-refractivity contribution in [3.63, 3.8) is 0 Å². The van der Waals surface area contributed by atoms with Gasteiger partial charge >= 0.3 is 0 Å². The number of ether oxygens (including phenoxy) is 4. The largest absolute Gasteiger partial charge is 0.495 e. The van der Waals surface area contributed by atoms with E-state index in [-0.39, 0.29) is 12.5 Å². The van der Waals surface area contributed by atoms with Crippen molar-refractivity contribution in [1.29, 1.82) is 0 Å². The Morgan fingerprint density at radius 3 is 2.68 bits per heavy atom. The van der Waals surface area contributed by atoms with Crippen LogP contribution in [-0.4, -0.2) is 91.7 Å². The summed E-state index contributed by atoms with van der Waals surface area (Å²) < 4.78 is 32.2. The fraction of sp³-hybridized carbons (Fsp3) is 0.359. The lowest BCUT2D eigenvalue weighted by atomic mass is 10.0. The molecule has 0 bridgehead atoms. The molecule has 0 unspecified atom stereocenters. The topological polar surface area (TPSA) is 151 Å². The number of carbonyl (C=O) groups is 1. The molecule has 5 rings (SSSR count). The van der Waals surface area contributed by atoms with Gasteiger partial charge in [0.25, 0.3) is 5.91 Å². The molecule has 1 amide bonds. The minimum Gasteiger partial charge on any atom is -0.495 e. The van der Waals surface area contributed by atoms with E-state index < -0.39 is 0 Å². The van der Waals surface area contributed by atoms with Crippen LogP contribution in [0.15, 0.2) is 70.3 Å². The summed E-state index contributed by atoms with van der Waals surface area (Å²) in [5.41, 5.74) is 13.1. The van der Waals surface area contributed by atoms with E-state index in [2.05, 4.69) is 43.0 Å². The molecule has 0 aliphatic rings. The van der Waals surface area contributed by atoms with E-state index in [0.717, 1.165) is 62.1 Å². The van der Waals surface area contributed by atoms with Crippen LogP contribution in [0.25, 0.3) is 22.2 Å². The summed E-state index contributed by atoms with van der Waals surface area (Å²) >= 11 is 1.62. The number of nitrogen functional groups attached to an aromatic ring is 1. The van der Waals surface area contributed by atoms with Crippen LogP contribution in [0.1, 0.15) is 23.9 Å². The number of aryl methyl sites for hydroxylation is 2. The zero-order valence-electron chi connectivity index (χ0n) is 30.9. The van der Waals surface area contributed by atoms with Crippen molar-refractivity contribution in [2.24, 2.45) is 0 Å². The quantitative estimate of drug-likeness (QED) is 0.0397. The fourth-order valence-electron chi connectivity index (χ4n) is 5.59. The number of nitrogens with one attached hydrogen (secondary N) is 2. The molecule has 0 saturated carbocycles. The maximum Gasteiger partial charge on any atom is 0.258 e. The molecule has 0 fully saturated rings. The molecule has 0 saturated heterocycles. The van der Waals surface area contributed by atoms with Gasteiger partial charge in [-0.05, 0) is 93.4 Å². The lowest BCUT2D eigenvalue weighted by Gasteiger charge is -2.17. The number of hydrogen-bond acceptors (Lipinski definition) is 12. The first-order chi connectivity index (χ1) is 25.7. The Morgan fingerprint density at radius 2 is 1.91 bits per heavy atom. The highest BCUT2D eigenvalue weighted by Gasteiger charge is 2.16. The number of aromatic nitrogens is 3. The molecular formula is C39H47N7O6S. The van der Waals surface area contributed by atoms with Crippen LogP contribution in [0, 0.1) is 25.7 Å². The van der Waals surface area contributed by atoms with E-state index in [0.29, 0.717) is 57.5 Å². The molecule has 0 aliphatic carbocycles. The second-order valence-electron chi connectivity index (χ2n) is 12.1. The summed E-state index contributed by atoms with van der Waals surface area (Å²) in [5, 5.41) is 10.2. The van der Waals surface area contributed by atoms with E-state index in [9.17, 15) is 4.79 Å². The summed E-state index contributed by atoms with van der Waals surface area (Å²) in [5.74, 6) is 7.74. The van der Waals surface area contributed by atoms with Gasteiger partial charge < -0.3 is 44.4 Å². The molecule has 14 heteroatoms. The standard InChI is InChI=1S/C39H47N7O6S/c1-6-7-13-41-34-12-11-32(23-36(34)48-5)53-45(4)15-17-50-19-18-49-16-14-42-37(47)25-51-31-10-8-9-29(20-31)24-46-26-43-39-33(40)21-30(22-35(39)46)38-27(2)44-52-28(38)3/h8-12,20-23,26,41H,13-19,24-25,40H2,1-5H3,(H,42,47). The van der Waals surface area contributed by atoms with Gasteiger partial charge in [0.05, 0.1) is 69.0 Å². The number of carbonyl (C=O) groups excluding carboxylic acids is 1. The molecule has 5 aromatic rings. The molecule has 0 radical (unpaired) electrons. The Morgan fingerprint density at radius 1 is 1.08 bits per heavy atom. The summed E-state index contributed by atoms with van der Waals surface area (Å²) in [6.07, 6.45) is 1.77. The van der Waals surface area contributed by atoms with Gasteiger partial charge in [0, 0.05) is 30.1 Å². The molecule has 53 heavy (non-hydrogen) atoms. The number of nitrogens with zero attached hydrogens (tertiary/aromatic N) is 4. The average Bonchev–Trinajstić information content (AvgIpc) is 3.71. The van der Waals surface area contributed by atoms with Gasteiger partial charge in [-0.1, -0.05) is 23.2 Å². The highest BCUT2D eigenvalue weighted by molar-refractivity contribution is 7.97. The molecule has 4 N–H and O–H groups in total. The van der Waals surface area contributed by atoms with Crippen molar-refractivity contribution < 1.29 is 28.3 Å². The van der Waals surface area contributed by atoms with Gasteiger partial charge in [-0.2, -0.15) is 0 Å². The van der Waals surface area contributed by atoms with E-state index >= 15 is 0 Å². The van der Waals surface area contributed by atoms with Crippen LogP contribution in [0.2, 0.25) is 0 Å². The predicted molar refractivity (Wildman–Crippen MR) is 208 cm³/mol. The van der Waals surface area contributed by atoms with Crippen LogP contribution in [0.5, 0.6) is 11.5 Å². The second kappa shape index (κ2) is 19.6. The third-order valence-electron chi connectivity index (χ3n) is 8.17. The second-order valence-corrected chi connectivity index (χ2v) is 13.4. The summed E-state index contributed by atoms with van der Waals surface area (Å²) in [6.45, 7) is 9.56. The normalized spacial score (nSPS) is 11.1. The third kappa shape index (κ3) is 11.1. The average molecular weight is 742 g/mol. The van der Waals surface area contributed by atoms with Crippen LogP contribution >= 0.6 is 11.9 Å². The molecule has 3 aromatic carbocycles. The number of likely N-dealkylation sites (N-methyl/N-ethyl adjacent to an activating group) is 1. The monoisotopic (exact) mass is 741 g/mol. The SMILES string of the molecule is CC#CCNc1ccc(SN(C)CCOCCOCCNC(=O)COc2cccc(Cn3cnc4c(N)cc(-c5c(C)noc5C)cc43)c2)cc1OC. The van der Waals surface area contributed by atoms with Gasteiger partial charge in [0.2, 0.25) is 0 Å². The van der Waals surface area contributed by atoms with Crippen molar-refractivity contribution >= 4 is 40.3 Å². The number of fused-ring (bicyclic) bond motifs is 1. The Kier molecular flexibility index (Phi) is 14.4. The Balaban J connectivity index is 0.959. The number of amides is 1. The number of benzene rings is 3. The van der Waals surface area contributed by atoms with Crippen molar-refractivity contribution in [2.45, 2.75) is 32.2 Å². The zero-order chi connectivity index (χ0) is 37.6. The number of methoxy groups -OCH3 is 1. The number of anilines is 2. The first kappa shape index (κ1) is 39.0. The number of nitrogens with two attached hydrogens (primary N) is 1. The smallest absolute Gasteiger partial charge is 0.258 e. The molecule has 280 valence electrons. The van der Waals surface area contributed by atoms with Gasteiger partial charge in [0.15, 0.2) is 6.61 Å². The van der Waals surface area contributed by atoms with Gasteiger partial charge in [0.1, 0.15) is 22.8 Å². The number of imidazole rings is 1. The molecule has 13 nitrogen and oxygen atoms in total. The summed E-state index contributed by atoms with van der Waals surface area (Å²) in [7, 11) is 3.67. The third-order valence-corrected chi connectivity index (χ3v) is 9.13. The minimum atomic E-state index is -0.229. The highest BCUT2D eigenvalue weighted by atomic mass is 32.2. The maximum absolute atomic E-state index is 12.4. The van der Waals surface area contributed by atoms with Gasteiger partial charge in [-0.3, -0.25) is 4.79 Å². The minimum absolute atomic E-state index is 0.106. The predicted octanol–water partition coefficient (Wildman–Crippen LogP) is 5.55. The Bertz CT molecular complexity index is 2020. The summed E-state index contributed by atoms with van der Waals surface area (Å²) in [4.78, 5) is 18.0. The van der Waals surface area contributed by atoms with Crippen LogP contribution in [0.4, 0.5) is 11.4 Å². The molecule has 2 aromatic heterocycles. The van der Waals surface area contributed by atoms with Crippen LogP contribution < -0.4 is 25.8 Å². The molecular weight excluding hydrogens is 695 g/mol. The highest BCUT2D eigenvalue weighted by Crippen LogP contribution is 2.33. The maximum atomic E-state index is 12.4. The Labute approximate surface area is 314 Å². The van der Waals surface area contributed by atoms with Crippen LogP contribution in [0.3, 0.4) is 0 Å². The summed E-state index contributed by atoms with van der Waals surface area (Å²) in [6, 6.07) is 17.6. The van der Waals surface area contributed by atoms with Gasteiger partial charge in [-0.25, -0.2) is 9.29 Å². The molecule has 0 atom stereocenters.